The van der Waals surface area contributed by atoms with E-state index in [0.717, 1.165) is 32.2 Å². The van der Waals surface area contributed by atoms with Crippen LogP contribution in [0.2, 0.25) is 0 Å². The molecule has 1 aliphatic rings. The summed E-state index contributed by atoms with van der Waals surface area (Å²) in [5.41, 5.74) is 0.631. The van der Waals surface area contributed by atoms with Crippen LogP contribution in [0.1, 0.15) is 25.7 Å². The van der Waals surface area contributed by atoms with Crippen molar-refractivity contribution in [3.05, 3.63) is 30.3 Å². The first kappa shape index (κ1) is 14.5. The largest absolute Gasteiger partial charge is 0.480 e. The van der Waals surface area contributed by atoms with Crippen molar-refractivity contribution < 1.29 is 14.7 Å². The third kappa shape index (κ3) is 3.81. The summed E-state index contributed by atoms with van der Waals surface area (Å²) >= 11 is 0. The minimum Gasteiger partial charge on any atom is -0.480 e. The molecule has 2 rings (SSSR count). The molecule has 1 atom stereocenters. The van der Waals surface area contributed by atoms with Crippen molar-refractivity contribution in [1.82, 2.24) is 5.32 Å². The standard InChI is InChI=1S/C15H20N2O3/c18-14(19)11-17(12-7-3-1-4-8-12)15(20)13-9-5-2-6-10-16-13/h1,3-4,7-8,13,16H,2,5-6,9-11H2,(H,18,19). The number of para-hydroxylation sites is 1. The third-order valence-electron chi connectivity index (χ3n) is 3.49. The summed E-state index contributed by atoms with van der Waals surface area (Å²) in [5, 5.41) is 12.3. The van der Waals surface area contributed by atoms with Crippen LogP contribution in [0.3, 0.4) is 0 Å². The van der Waals surface area contributed by atoms with Crippen LogP contribution in [0.15, 0.2) is 30.3 Å². The number of hydrogen-bond acceptors (Lipinski definition) is 3. The van der Waals surface area contributed by atoms with Crippen LogP contribution in [-0.4, -0.2) is 36.1 Å². The molecule has 1 amide bonds. The molecule has 5 nitrogen and oxygen atoms in total. The van der Waals surface area contributed by atoms with Gasteiger partial charge in [0.05, 0.1) is 6.04 Å². The Labute approximate surface area is 118 Å². The fraction of sp³-hybridized carbons (Fsp3) is 0.467. The number of carbonyl (C=O) groups excluding carboxylic acids is 1. The summed E-state index contributed by atoms with van der Waals surface area (Å²) < 4.78 is 0. The lowest BCUT2D eigenvalue weighted by Crippen LogP contribution is -2.48. The molecule has 2 N–H and O–H groups in total. The zero-order valence-corrected chi connectivity index (χ0v) is 11.4. The van der Waals surface area contributed by atoms with E-state index < -0.39 is 5.97 Å². The number of amides is 1. The van der Waals surface area contributed by atoms with E-state index >= 15 is 0 Å². The highest BCUT2D eigenvalue weighted by atomic mass is 16.4. The molecule has 0 aliphatic carbocycles. The maximum absolute atomic E-state index is 12.6. The number of aliphatic carboxylic acids is 1. The second-order valence-corrected chi connectivity index (χ2v) is 5.01. The van der Waals surface area contributed by atoms with Gasteiger partial charge in [-0.2, -0.15) is 0 Å². The van der Waals surface area contributed by atoms with Gasteiger partial charge in [-0.05, 0) is 31.5 Å². The van der Waals surface area contributed by atoms with Crippen molar-refractivity contribution in [1.29, 1.82) is 0 Å². The number of hydrogen-bond donors (Lipinski definition) is 2. The highest BCUT2D eigenvalue weighted by Gasteiger charge is 2.27. The van der Waals surface area contributed by atoms with Crippen LogP contribution in [0.25, 0.3) is 0 Å². The van der Waals surface area contributed by atoms with E-state index in [0.29, 0.717) is 5.69 Å². The van der Waals surface area contributed by atoms with Crippen LogP contribution in [0, 0.1) is 0 Å². The molecule has 1 aromatic rings. The minimum absolute atomic E-state index is 0.152. The van der Waals surface area contributed by atoms with Crippen molar-refractivity contribution in [2.45, 2.75) is 31.7 Å². The van der Waals surface area contributed by atoms with Gasteiger partial charge in [0.2, 0.25) is 5.91 Å². The Morgan fingerprint density at radius 3 is 2.65 bits per heavy atom. The second kappa shape index (κ2) is 7.05. The summed E-state index contributed by atoms with van der Waals surface area (Å²) in [6, 6.07) is 8.69. The topological polar surface area (TPSA) is 69.6 Å². The highest BCUT2D eigenvalue weighted by molar-refractivity contribution is 6.00. The maximum Gasteiger partial charge on any atom is 0.323 e. The zero-order chi connectivity index (χ0) is 14.4. The van der Waals surface area contributed by atoms with E-state index in [1.807, 2.05) is 6.07 Å². The third-order valence-corrected chi connectivity index (χ3v) is 3.49. The van der Waals surface area contributed by atoms with Crippen LogP contribution >= 0.6 is 0 Å². The molecular formula is C15H20N2O3. The average molecular weight is 276 g/mol. The molecule has 0 aromatic heterocycles. The van der Waals surface area contributed by atoms with Crippen LogP contribution in [0.4, 0.5) is 5.69 Å². The van der Waals surface area contributed by atoms with Gasteiger partial charge in [0.25, 0.3) is 0 Å². The Morgan fingerprint density at radius 1 is 1.20 bits per heavy atom. The minimum atomic E-state index is -1.00. The quantitative estimate of drug-likeness (QED) is 0.877. The zero-order valence-electron chi connectivity index (χ0n) is 11.4. The van der Waals surface area contributed by atoms with Crippen LogP contribution in [-0.2, 0) is 9.59 Å². The van der Waals surface area contributed by atoms with Gasteiger partial charge in [0, 0.05) is 5.69 Å². The Hall–Kier alpha value is -1.88. The van der Waals surface area contributed by atoms with E-state index in [1.165, 1.54) is 4.90 Å². The smallest absolute Gasteiger partial charge is 0.323 e. The number of rotatable bonds is 4. The summed E-state index contributed by atoms with van der Waals surface area (Å²) in [4.78, 5) is 25.0. The molecule has 1 aliphatic heterocycles. The van der Waals surface area contributed by atoms with Crippen molar-refractivity contribution >= 4 is 17.6 Å². The Kier molecular flexibility index (Phi) is 5.12. The number of anilines is 1. The lowest BCUT2D eigenvalue weighted by molar-refractivity contribution is -0.136. The SMILES string of the molecule is O=C(O)CN(C(=O)C1CCCCCN1)c1ccccc1. The Balaban J connectivity index is 2.17. The predicted molar refractivity (Wildman–Crippen MR) is 76.7 cm³/mol. The molecule has 0 radical (unpaired) electrons. The van der Waals surface area contributed by atoms with Gasteiger partial charge in [-0.25, -0.2) is 0 Å². The van der Waals surface area contributed by atoms with Gasteiger partial charge < -0.3 is 10.4 Å². The van der Waals surface area contributed by atoms with Crippen molar-refractivity contribution in [3.63, 3.8) is 0 Å². The average Bonchev–Trinajstić information content (AvgIpc) is 2.74. The van der Waals surface area contributed by atoms with Gasteiger partial charge in [0.1, 0.15) is 6.54 Å². The van der Waals surface area contributed by atoms with Gasteiger partial charge in [0.15, 0.2) is 0 Å². The molecule has 5 heteroatoms. The first-order chi connectivity index (χ1) is 9.68. The Bertz CT molecular complexity index is 453. The maximum atomic E-state index is 12.6. The monoisotopic (exact) mass is 276 g/mol. The van der Waals surface area contributed by atoms with E-state index in [9.17, 15) is 9.59 Å². The lowest BCUT2D eigenvalue weighted by Gasteiger charge is -2.26. The predicted octanol–water partition coefficient (Wildman–Crippen LogP) is 1.64. The molecular weight excluding hydrogens is 256 g/mol. The first-order valence-corrected chi connectivity index (χ1v) is 7.00. The normalized spacial score (nSPS) is 19.1. The van der Waals surface area contributed by atoms with Gasteiger partial charge in [-0.15, -0.1) is 0 Å². The van der Waals surface area contributed by atoms with Gasteiger partial charge in [-0.1, -0.05) is 31.0 Å². The molecule has 1 aromatic carbocycles. The molecule has 1 unspecified atom stereocenters. The van der Waals surface area contributed by atoms with Crippen molar-refractivity contribution in [2.24, 2.45) is 0 Å². The number of nitrogens with zero attached hydrogens (tertiary/aromatic N) is 1. The van der Waals surface area contributed by atoms with Gasteiger partial charge >= 0.3 is 5.97 Å². The number of benzene rings is 1. The van der Waals surface area contributed by atoms with Crippen molar-refractivity contribution in [2.75, 3.05) is 18.0 Å². The van der Waals surface area contributed by atoms with Gasteiger partial charge in [-0.3, -0.25) is 14.5 Å². The number of carboxylic acid groups (broad SMARTS) is 1. The fourth-order valence-electron chi connectivity index (χ4n) is 2.47. The van der Waals surface area contributed by atoms with Crippen LogP contribution in [0.5, 0.6) is 0 Å². The van der Waals surface area contributed by atoms with Crippen molar-refractivity contribution in [3.8, 4) is 0 Å². The summed E-state index contributed by atoms with van der Waals surface area (Å²) in [5.74, 6) is -1.16. The van der Waals surface area contributed by atoms with E-state index in [-0.39, 0.29) is 18.5 Å². The van der Waals surface area contributed by atoms with E-state index in [2.05, 4.69) is 5.32 Å². The summed E-state index contributed by atoms with van der Waals surface area (Å²) in [6.45, 7) is 0.507. The number of nitrogens with one attached hydrogen (secondary N) is 1. The number of carboxylic acids is 1. The lowest BCUT2D eigenvalue weighted by atomic mass is 10.1. The highest BCUT2D eigenvalue weighted by Crippen LogP contribution is 2.17. The molecule has 1 saturated heterocycles. The van der Waals surface area contributed by atoms with E-state index in [4.69, 9.17) is 5.11 Å². The molecule has 0 spiro atoms. The molecule has 1 heterocycles. The summed E-state index contributed by atoms with van der Waals surface area (Å²) in [7, 11) is 0. The first-order valence-electron chi connectivity index (χ1n) is 7.00. The molecule has 1 fully saturated rings. The van der Waals surface area contributed by atoms with Crippen LogP contribution < -0.4 is 10.2 Å². The molecule has 0 saturated carbocycles. The summed E-state index contributed by atoms with van der Waals surface area (Å²) in [6.07, 6.45) is 3.94. The second-order valence-electron chi connectivity index (χ2n) is 5.01. The Morgan fingerprint density at radius 2 is 1.95 bits per heavy atom. The van der Waals surface area contributed by atoms with E-state index in [1.54, 1.807) is 24.3 Å². The number of carbonyl (C=O) groups is 2. The molecule has 0 bridgehead atoms. The fourth-order valence-corrected chi connectivity index (χ4v) is 2.47. The molecule has 108 valence electrons. The molecule has 20 heavy (non-hydrogen) atoms.